The molecule has 2 heterocycles. The Bertz CT molecular complexity index is 1010. The van der Waals surface area contributed by atoms with Gasteiger partial charge in [-0.25, -0.2) is 4.79 Å². The van der Waals surface area contributed by atoms with E-state index < -0.39 is 5.97 Å². The molecule has 0 aliphatic rings. The summed E-state index contributed by atoms with van der Waals surface area (Å²) >= 11 is 0. The molecule has 0 spiro atoms. The standard InChI is InChI=1S/C21H19N3O4/c1-3-27-21(25)18-5-4-17(10-20(18)28-14-26-2)24-12-16(11-22)19(13-24)15-6-8-23-9-7-15/h4-10,12-13H,3,14H2,1-2H3. The first-order chi connectivity index (χ1) is 13.7. The lowest BCUT2D eigenvalue weighted by molar-refractivity contribution is 0.0438. The lowest BCUT2D eigenvalue weighted by atomic mass is 10.1. The summed E-state index contributed by atoms with van der Waals surface area (Å²) in [5.74, 6) is -0.127. The minimum absolute atomic E-state index is 0.00670. The van der Waals surface area contributed by atoms with Gasteiger partial charge in [0.2, 0.25) is 0 Å². The molecule has 28 heavy (non-hydrogen) atoms. The first-order valence-corrected chi connectivity index (χ1v) is 8.63. The molecule has 0 bridgehead atoms. The van der Waals surface area contributed by atoms with Crippen LogP contribution in [0.3, 0.4) is 0 Å². The largest absolute Gasteiger partial charge is 0.467 e. The smallest absolute Gasteiger partial charge is 0.341 e. The van der Waals surface area contributed by atoms with E-state index in [0.717, 1.165) is 16.8 Å². The molecule has 0 amide bonds. The van der Waals surface area contributed by atoms with Crippen LogP contribution in [-0.2, 0) is 9.47 Å². The van der Waals surface area contributed by atoms with Crippen LogP contribution in [0, 0.1) is 11.3 Å². The molecule has 0 aliphatic heterocycles. The molecule has 3 aromatic rings. The van der Waals surface area contributed by atoms with Crippen molar-refractivity contribution in [3.8, 4) is 28.6 Å². The molecule has 142 valence electrons. The van der Waals surface area contributed by atoms with Gasteiger partial charge in [0.15, 0.2) is 6.79 Å². The van der Waals surface area contributed by atoms with E-state index in [1.165, 1.54) is 7.11 Å². The van der Waals surface area contributed by atoms with E-state index >= 15 is 0 Å². The van der Waals surface area contributed by atoms with Crippen molar-refractivity contribution in [2.75, 3.05) is 20.5 Å². The van der Waals surface area contributed by atoms with Crippen molar-refractivity contribution in [1.82, 2.24) is 9.55 Å². The Kier molecular flexibility index (Phi) is 6.04. The Morgan fingerprint density at radius 2 is 2.00 bits per heavy atom. The predicted octanol–water partition coefficient (Wildman–Crippen LogP) is 3.57. The maximum Gasteiger partial charge on any atom is 0.341 e. The zero-order valence-electron chi connectivity index (χ0n) is 15.6. The van der Waals surface area contributed by atoms with Gasteiger partial charge in [0, 0.05) is 49.2 Å². The molecule has 2 aromatic heterocycles. The van der Waals surface area contributed by atoms with Gasteiger partial charge in [-0.15, -0.1) is 0 Å². The van der Waals surface area contributed by atoms with Crippen LogP contribution >= 0.6 is 0 Å². The highest BCUT2D eigenvalue weighted by Gasteiger charge is 2.16. The molecule has 0 atom stereocenters. The number of esters is 1. The summed E-state index contributed by atoms with van der Waals surface area (Å²) in [6.45, 7) is 2.00. The minimum Gasteiger partial charge on any atom is -0.467 e. The van der Waals surface area contributed by atoms with Crippen molar-refractivity contribution in [1.29, 1.82) is 5.26 Å². The first kappa shape index (κ1) is 19.1. The van der Waals surface area contributed by atoms with Gasteiger partial charge < -0.3 is 18.8 Å². The van der Waals surface area contributed by atoms with Crippen molar-refractivity contribution in [2.24, 2.45) is 0 Å². The fourth-order valence-electron chi connectivity index (χ4n) is 2.75. The number of rotatable bonds is 7. The van der Waals surface area contributed by atoms with Crippen LogP contribution in [0.2, 0.25) is 0 Å². The lowest BCUT2D eigenvalue weighted by Crippen LogP contribution is -2.10. The number of carbonyl (C=O) groups excluding carboxylic acids is 1. The number of carbonyl (C=O) groups is 1. The number of hydrogen-bond acceptors (Lipinski definition) is 6. The third-order valence-corrected chi connectivity index (χ3v) is 4.03. The highest BCUT2D eigenvalue weighted by molar-refractivity contribution is 5.93. The van der Waals surface area contributed by atoms with Crippen LogP contribution in [0.5, 0.6) is 5.75 Å². The summed E-state index contributed by atoms with van der Waals surface area (Å²) in [6, 6.07) is 11.0. The summed E-state index contributed by atoms with van der Waals surface area (Å²) in [4.78, 5) is 16.2. The van der Waals surface area contributed by atoms with E-state index in [1.54, 1.807) is 43.7 Å². The molecule has 0 saturated heterocycles. The number of nitrogens with zero attached hydrogens (tertiary/aromatic N) is 3. The Balaban J connectivity index is 2.03. The first-order valence-electron chi connectivity index (χ1n) is 8.63. The quantitative estimate of drug-likeness (QED) is 0.462. The van der Waals surface area contributed by atoms with E-state index in [0.29, 0.717) is 16.9 Å². The van der Waals surface area contributed by atoms with Crippen LogP contribution in [0.4, 0.5) is 0 Å². The van der Waals surface area contributed by atoms with Crippen molar-refractivity contribution in [3.05, 3.63) is 66.2 Å². The Morgan fingerprint density at radius 3 is 2.68 bits per heavy atom. The summed E-state index contributed by atoms with van der Waals surface area (Å²) in [5.41, 5.74) is 3.25. The van der Waals surface area contributed by atoms with Crippen LogP contribution in [0.1, 0.15) is 22.8 Å². The molecule has 3 rings (SSSR count). The van der Waals surface area contributed by atoms with Gasteiger partial charge in [-0.1, -0.05) is 0 Å². The van der Waals surface area contributed by atoms with E-state index in [2.05, 4.69) is 11.1 Å². The molecule has 0 saturated carbocycles. The average Bonchev–Trinajstić information content (AvgIpc) is 3.17. The van der Waals surface area contributed by atoms with Crippen molar-refractivity contribution < 1.29 is 19.0 Å². The SMILES string of the molecule is CCOC(=O)c1ccc(-n2cc(C#N)c(-c3ccncc3)c2)cc1OCOC. The Morgan fingerprint density at radius 1 is 1.21 bits per heavy atom. The fourth-order valence-corrected chi connectivity index (χ4v) is 2.75. The highest BCUT2D eigenvalue weighted by Crippen LogP contribution is 2.28. The van der Waals surface area contributed by atoms with Gasteiger partial charge in [0.1, 0.15) is 17.4 Å². The van der Waals surface area contributed by atoms with Crippen molar-refractivity contribution >= 4 is 5.97 Å². The summed E-state index contributed by atoms with van der Waals surface area (Å²) < 4.78 is 17.4. The molecular weight excluding hydrogens is 358 g/mol. The normalized spacial score (nSPS) is 10.3. The zero-order valence-corrected chi connectivity index (χ0v) is 15.6. The van der Waals surface area contributed by atoms with Gasteiger partial charge in [-0.05, 0) is 36.8 Å². The minimum atomic E-state index is -0.470. The van der Waals surface area contributed by atoms with Crippen LogP contribution in [0.25, 0.3) is 16.8 Å². The maximum atomic E-state index is 12.2. The molecule has 0 aliphatic carbocycles. The van der Waals surface area contributed by atoms with E-state index in [1.807, 2.05) is 22.9 Å². The number of hydrogen-bond donors (Lipinski definition) is 0. The molecule has 7 nitrogen and oxygen atoms in total. The molecule has 1 aromatic carbocycles. The molecular formula is C21H19N3O4. The van der Waals surface area contributed by atoms with Crippen molar-refractivity contribution in [3.63, 3.8) is 0 Å². The van der Waals surface area contributed by atoms with Crippen LogP contribution < -0.4 is 4.74 Å². The number of methoxy groups -OCH3 is 1. The highest BCUT2D eigenvalue weighted by atomic mass is 16.7. The molecule has 0 fully saturated rings. The second-order valence-corrected chi connectivity index (χ2v) is 5.79. The average molecular weight is 377 g/mol. The molecule has 0 unspecified atom stereocenters. The molecule has 0 radical (unpaired) electrons. The molecule has 7 heteroatoms. The second kappa shape index (κ2) is 8.84. The Labute approximate surface area is 162 Å². The number of aromatic nitrogens is 2. The van der Waals surface area contributed by atoms with Gasteiger partial charge >= 0.3 is 5.97 Å². The van der Waals surface area contributed by atoms with Gasteiger partial charge in [0.05, 0.1) is 12.2 Å². The zero-order chi connectivity index (χ0) is 19.9. The van der Waals surface area contributed by atoms with Crippen LogP contribution in [-0.4, -0.2) is 36.0 Å². The van der Waals surface area contributed by atoms with E-state index in [9.17, 15) is 10.1 Å². The number of ether oxygens (including phenoxy) is 3. The number of nitriles is 1. The van der Waals surface area contributed by atoms with Gasteiger partial charge in [-0.3, -0.25) is 4.98 Å². The maximum absolute atomic E-state index is 12.2. The van der Waals surface area contributed by atoms with Crippen molar-refractivity contribution in [2.45, 2.75) is 6.92 Å². The van der Waals surface area contributed by atoms with Crippen LogP contribution in [0.15, 0.2) is 55.1 Å². The number of pyridine rings is 1. The predicted molar refractivity (Wildman–Crippen MR) is 102 cm³/mol. The monoisotopic (exact) mass is 377 g/mol. The third kappa shape index (κ3) is 4.03. The Hall–Kier alpha value is -3.63. The lowest BCUT2D eigenvalue weighted by Gasteiger charge is -2.12. The van der Waals surface area contributed by atoms with E-state index in [-0.39, 0.29) is 13.4 Å². The third-order valence-electron chi connectivity index (χ3n) is 4.03. The summed E-state index contributed by atoms with van der Waals surface area (Å²) in [7, 11) is 1.50. The topological polar surface area (TPSA) is 86.4 Å². The second-order valence-electron chi connectivity index (χ2n) is 5.79. The number of benzene rings is 1. The fraction of sp³-hybridized carbons (Fsp3) is 0.190. The van der Waals surface area contributed by atoms with E-state index in [4.69, 9.17) is 14.2 Å². The van der Waals surface area contributed by atoms with Gasteiger partial charge in [-0.2, -0.15) is 5.26 Å². The molecule has 0 N–H and O–H groups in total. The summed E-state index contributed by atoms with van der Waals surface area (Å²) in [6.07, 6.45) is 6.94. The van der Waals surface area contributed by atoms with Gasteiger partial charge in [0.25, 0.3) is 0 Å². The summed E-state index contributed by atoms with van der Waals surface area (Å²) in [5, 5.41) is 9.51.